The number of anilines is 1. The number of sulfonamides is 1. The Labute approximate surface area is 204 Å². The van der Waals surface area contributed by atoms with Gasteiger partial charge in [-0.3, -0.25) is 9.10 Å². The summed E-state index contributed by atoms with van der Waals surface area (Å²) >= 11 is 0. The number of hydrogen-bond donors (Lipinski definition) is 1. The second-order valence-electron chi connectivity index (χ2n) is 7.66. The molecule has 182 valence electrons. The number of ether oxygens (including phenoxy) is 3. The predicted octanol–water partition coefficient (Wildman–Crippen LogP) is 3.47. The molecule has 1 aliphatic heterocycles. The SMILES string of the molecule is CCOc1ccc(S(=O)(=O)N(CC(=O)N/N=C\c2ccc3c(c2)OCO3)c2ccc(C)cc2)cc1. The van der Waals surface area contributed by atoms with Crippen LogP contribution < -0.4 is 23.9 Å². The largest absolute Gasteiger partial charge is 0.494 e. The Morgan fingerprint density at radius 2 is 1.77 bits per heavy atom. The third kappa shape index (κ3) is 5.72. The van der Waals surface area contributed by atoms with Crippen LogP contribution in [-0.4, -0.2) is 40.5 Å². The highest BCUT2D eigenvalue weighted by atomic mass is 32.2. The number of nitrogens with zero attached hydrogens (tertiary/aromatic N) is 2. The summed E-state index contributed by atoms with van der Waals surface area (Å²) in [4.78, 5) is 12.7. The molecule has 35 heavy (non-hydrogen) atoms. The number of fused-ring (bicyclic) bond motifs is 1. The summed E-state index contributed by atoms with van der Waals surface area (Å²) < 4.78 is 44.0. The molecule has 0 aliphatic carbocycles. The fraction of sp³-hybridized carbons (Fsp3) is 0.200. The van der Waals surface area contributed by atoms with Crippen molar-refractivity contribution in [1.29, 1.82) is 0 Å². The van der Waals surface area contributed by atoms with E-state index >= 15 is 0 Å². The molecule has 3 aromatic carbocycles. The van der Waals surface area contributed by atoms with E-state index in [4.69, 9.17) is 14.2 Å². The Bertz CT molecular complexity index is 1320. The molecular weight excluding hydrogens is 470 g/mol. The maximum absolute atomic E-state index is 13.5. The molecule has 4 rings (SSSR count). The minimum absolute atomic E-state index is 0.0400. The molecule has 0 spiro atoms. The van der Waals surface area contributed by atoms with Crippen molar-refractivity contribution in [2.75, 3.05) is 24.2 Å². The molecule has 0 saturated carbocycles. The number of nitrogens with one attached hydrogen (secondary N) is 1. The van der Waals surface area contributed by atoms with Crippen LogP contribution in [0.25, 0.3) is 0 Å². The monoisotopic (exact) mass is 495 g/mol. The molecule has 1 aliphatic rings. The van der Waals surface area contributed by atoms with Gasteiger partial charge in [0.05, 0.1) is 23.4 Å². The van der Waals surface area contributed by atoms with Crippen molar-refractivity contribution in [2.45, 2.75) is 18.7 Å². The molecule has 0 fully saturated rings. The van der Waals surface area contributed by atoms with E-state index < -0.39 is 22.5 Å². The molecular formula is C25H25N3O6S. The molecule has 3 aromatic rings. The zero-order chi connectivity index (χ0) is 24.8. The molecule has 10 heteroatoms. The van der Waals surface area contributed by atoms with Gasteiger partial charge in [-0.05, 0) is 74.0 Å². The van der Waals surface area contributed by atoms with Gasteiger partial charge in [0.2, 0.25) is 6.79 Å². The molecule has 0 radical (unpaired) electrons. The summed E-state index contributed by atoms with van der Waals surface area (Å²) in [7, 11) is -4.04. The Balaban J connectivity index is 1.52. The van der Waals surface area contributed by atoms with Gasteiger partial charge in [-0.1, -0.05) is 17.7 Å². The molecule has 0 saturated heterocycles. The number of hydrogen-bond acceptors (Lipinski definition) is 7. The molecule has 1 heterocycles. The number of amides is 1. The van der Waals surface area contributed by atoms with Crippen molar-refractivity contribution in [3.8, 4) is 17.2 Å². The zero-order valence-electron chi connectivity index (χ0n) is 19.3. The van der Waals surface area contributed by atoms with Gasteiger partial charge in [0.25, 0.3) is 15.9 Å². The van der Waals surface area contributed by atoms with Gasteiger partial charge in [-0.2, -0.15) is 5.10 Å². The van der Waals surface area contributed by atoms with Crippen molar-refractivity contribution >= 4 is 27.8 Å². The predicted molar refractivity (Wildman–Crippen MR) is 132 cm³/mol. The van der Waals surface area contributed by atoms with Gasteiger partial charge >= 0.3 is 0 Å². The Morgan fingerprint density at radius 1 is 1.06 bits per heavy atom. The van der Waals surface area contributed by atoms with Crippen LogP contribution in [-0.2, 0) is 14.8 Å². The Hall–Kier alpha value is -4.05. The van der Waals surface area contributed by atoms with E-state index in [-0.39, 0.29) is 11.7 Å². The fourth-order valence-corrected chi connectivity index (χ4v) is 4.79. The van der Waals surface area contributed by atoms with Gasteiger partial charge in [-0.15, -0.1) is 0 Å². The van der Waals surface area contributed by atoms with Gasteiger partial charge < -0.3 is 14.2 Å². The number of carbonyl (C=O) groups excluding carboxylic acids is 1. The maximum Gasteiger partial charge on any atom is 0.264 e. The Kier molecular flexibility index (Phi) is 7.21. The summed E-state index contributed by atoms with van der Waals surface area (Å²) in [5.41, 5.74) is 4.40. The lowest BCUT2D eigenvalue weighted by Crippen LogP contribution is -2.39. The van der Waals surface area contributed by atoms with Gasteiger partial charge in [0.15, 0.2) is 11.5 Å². The highest BCUT2D eigenvalue weighted by Gasteiger charge is 2.27. The normalized spacial score (nSPS) is 12.5. The minimum Gasteiger partial charge on any atom is -0.494 e. The first-order valence-electron chi connectivity index (χ1n) is 10.9. The van der Waals surface area contributed by atoms with E-state index in [0.29, 0.717) is 35.1 Å². The Morgan fingerprint density at radius 3 is 2.49 bits per heavy atom. The fourth-order valence-electron chi connectivity index (χ4n) is 3.37. The molecule has 0 atom stereocenters. The number of benzene rings is 3. The second kappa shape index (κ2) is 10.5. The number of carbonyl (C=O) groups is 1. The highest BCUT2D eigenvalue weighted by molar-refractivity contribution is 7.92. The van der Waals surface area contributed by atoms with E-state index in [1.54, 1.807) is 54.6 Å². The summed E-state index contributed by atoms with van der Waals surface area (Å²) in [6.07, 6.45) is 1.44. The topological polar surface area (TPSA) is 107 Å². The van der Waals surface area contributed by atoms with Crippen LogP contribution in [0, 0.1) is 6.92 Å². The number of aryl methyl sites for hydroxylation is 1. The van der Waals surface area contributed by atoms with Crippen LogP contribution in [0.2, 0.25) is 0 Å². The standard InChI is InChI=1S/C25H25N3O6S/c1-3-32-21-9-11-22(12-10-21)35(30,31)28(20-7-4-18(2)5-8-20)16-25(29)27-26-15-19-6-13-23-24(14-19)34-17-33-23/h4-15H,3,16-17H2,1-2H3,(H,27,29)/b26-15-. The van der Waals surface area contributed by atoms with Crippen molar-refractivity contribution in [2.24, 2.45) is 5.10 Å². The average Bonchev–Trinajstić information content (AvgIpc) is 3.32. The first kappa shape index (κ1) is 24.1. The van der Waals surface area contributed by atoms with Crippen LogP contribution in [0.4, 0.5) is 5.69 Å². The molecule has 0 bridgehead atoms. The van der Waals surface area contributed by atoms with E-state index in [1.165, 1.54) is 18.3 Å². The van der Waals surface area contributed by atoms with E-state index in [2.05, 4.69) is 10.5 Å². The average molecular weight is 496 g/mol. The van der Waals surface area contributed by atoms with Crippen molar-refractivity contribution < 1.29 is 27.4 Å². The number of hydrazone groups is 1. The van der Waals surface area contributed by atoms with Crippen LogP contribution in [0.1, 0.15) is 18.1 Å². The lowest BCUT2D eigenvalue weighted by atomic mass is 10.2. The van der Waals surface area contributed by atoms with E-state index in [0.717, 1.165) is 9.87 Å². The third-order valence-electron chi connectivity index (χ3n) is 5.13. The van der Waals surface area contributed by atoms with Crippen LogP contribution >= 0.6 is 0 Å². The van der Waals surface area contributed by atoms with Gasteiger partial charge in [-0.25, -0.2) is 13.8 Å². The minimum atomic E-state index is -4.04. The first-order chi connectivity index (χ1) is 16.9. The van der Waals surface area contributed by atoms with Crippen molar-refractivity contribution in [3.63, 3.8) is 0 Å². The maximum atomic E-state index is 13.5. The summed E-state index contributed by atoms with van der Waals surface area (Å²) in [5, 5.41) is 3.96. The first-order valence-corrected chi connectivity index (χ1v) is 12.3. The summed E-state index contributed by atoms with van der Waals surface area (Å²) in [6, 6.07) is 18.2. The van der Waals surface area contributed by atoms with Crippen molar-refractivity contribution in [1.82, 2.24) is 5.43 Å². The van der Waals surface area contributed by atoms with Crippen LogP contribution in [0.3, 0.4) is 0 Å². The van der Waals surface area contributed by atoms with E-state index in [9.17, 15) is 13.2 Å². The molecule has 1 N–H and O–H groups in total. The van der Waals surface area contributed by atoms with Crippen LogP contribution in [0.5, 0.6) is 17.2 Å². The lowest BCUT2D eigenvalue weighted by molar-refractivity contribution is -0.119. The smallest absolute Gasteiger partial charge is 0.264 e. The third-order valence-corrected chi connectivity index (χ3v) is 6.92. The zero-order valence-corrected chi connectivity index (χ0v) is 20.1. The van der Waals surface area contributed by atoms with Crippen molar-refractivity contribution in [3.05, 3.63) is 77.9 Å². The molecule has 0 unspecified atom stereocenters. The van der Waals surface area contributed by atoms with Gasteiger partial charge in [0, 0.05) is 0 Å². The quantitative estimate of drug-likeness (QED) is 0.360. The second-order valence-corrected chi connectivity index (χ2v) is 9.52. The number of rotatable bonds is 9. The van der Waals surface area contributed by atoms with E-state index in [1.807, 2.05) is 13.8 Å². The van der Waals surface area contributed by atoms with Gasteiger partial charge in [0.1, 0.15) is 12.3 Å². The summed E-state index contributed by atoms with van der Waals surface area (Å²) in [5.74, 6) is 1.19. The molecule has 0 aromatic heterocycles. The lowest BCUT2D eigenvalue weighted by Gasteiger charge is -2.24. The van der Waals surface area contributed by atoms with Crippen LogP contribution in [0.15, 0.2) is 76.7 Å². The summed E-state index contributed by atoms with van der Waals surface area (Å²) in [6.45, 7) is 3.90. The molecule has 1 amide bonds. The highest BCUT2D eigenvalue weighted by Crippen LogP contribution is 2.32. The molecule has 9 nitrogen and oxygen atoms in total.